The third kappa shape index (κ3) is 6.91. The normalized spacial score (nSPS) is 10.4. The van der Waals surface area contributed by atoms with Crippen molar-refractivity contribution >= 4 is 46.8 Å². The Morgan fingerprint density at radius 1 is 1.00 bits per heavy atom. The first-order valence-corrected chi connectivity index (χ1v) is 10.7. The lowest BCUT2D eigenvalue weighted by molar-refractivity contribution is -0.124. The first-order valence-electron chi connectivity index (χ1n) is 9.29. The van der Waals surface area contributed by atoms with Gasteiger partial charge in [-0.15, -0.1) is 11.8 Å². The van der Waals surface area contributed by atoms with Crippen LogP contribution in [-0.4, -0.2) is 36.7 Å². The maximum atomic E-state index is 12.4. The molecule has 3 aromatic rings. The Morgan fingerprint density at radius 3 is 2.52 bits per heavy atom. The van der Waals surface area contributed by atoms with Crippen molar-refractivity contribution in [2.45, 2.75) is 4.90 Å². The number of rotatable bonds is 9. The van der Waals surface area contributed by atoms with Crippen molar-refractivity contribution in [1.82, 2.24) is 5.32 Å². The lowest BCUT2D eigenvalue weighted by Gasteiger charge is -2.10. The van der Waals surface area contributed by atoms with Crippen molar-refractivity contribution in [3.8, 4) is 0 Å². The number of carbonyl (C=O) groups is 3. The number of esters is 1. The molecule has 7 nitrogen and oxygen atoms in total. The summed E-state index contributed by atoms with van der Waals surface area (Å²) in [6.07, 6.45) is 1.38. The van der Waals surface area contributed by atoms with Crippen LogP contribution in [0.15, 0.2) is 76.2 Å². The van der Waals surface area contributed by atoms with Gasteiger partial charge in [-0.25, -0.2) is 4.79 Å². The summed E-state index contributed by atoms with van der Waals surface area (Å²) in [6.45, 7) is -0.00955. The molecule has 2 amide bonds. The molecule has 0 fully saturated rings. The number of amides is 2. The molecular formula is C22H19ClN2O5S. The van der Waals surface area contributed by atoms with E-state index >= 15 is 0 Å². The molecule has 3 rings (SSSR count). The number of anilines is 1. The minimum absolute atomic E-state index is 0.110. The van der Waals surface area contributed by atoms with Gasteiger partial charge >= 0.3 is 5.97 Å². The number of hydrogen-bond donors (Lipinski definition) is 2. The number of nitrogens with one attached hydrogen (secondary N) is 2. The van der Waals surface area contributed by atoms with Crippen LogP contribution in [0, 0.1) is 0 Å². The van der Waals surface area contributed by atoms with Crippen LogP contribution in [0.25, 0.3) is 0 Å². The molecule has 0 saturated heterocycles. The third-order valence-corrected chi connectivity index (χ3v) is 5.25. The molecule has 0 aliphatic heterocycles. The molecule has 1 heterocycles. The minimum atomic E-state index is -0.721. The average molecular weight is 459 g/mol. The molecule has 1 aromatic heterocycles. The molecule has 160 valence electrons. The molecule has 2 N–H and O–H groups in total. The van der Waals surface area contributed by atoms with Crippen LogP contribution in [0.3, 0.4) is 0 Å². The minimum Gasteiger partial charge on any atom is -0.459 e. The Morgan fingerprint density at radius 2 is 1.77 bits per heavy atom. The maximum absolute atomic E-state index is 12.4. The summed E-state index contributed by atoms with van der Waals surface area (Å²) in [5.74, 6) is -0.869. The van der Waals surface area contributed by atoms with Crippen LogP contribution in [0.4, 0.5) is 5.69 Å². The quantitative estimate of drug-likeness (QED) is 0.282. The van der Waals surface area contributed by atoms with Gasteiger partial charge in [-0.05, 0) is 48.5 Å². The summed E-state index contributed by atoms with van der Waals surface area (Å²) in [5, 5.41) is 5.96. The summed E-state index contributed by atoms with van der Waals surface area (Å²) in [5.41, 5.74) is 0.391. The number of para-hydroxylation sites is 1. The predicted molar refractivity (Wildman–Crippen MR) is 119 cm³/mol. The zero-order valence-electron chi connectivity index (χ0n) is 16.3. The van der Waals surface area contributed by atoms with E-state index in [9.17, 15) is 14.4 Å². The van der Waals surface area contributed by atoms with Crippen molar-refractivity contribution in [3.63, 3.8) is 0 Å². The highest BCUT2D eigenvalue weighted by atomic mass is 35.5. The van der Waals surface area contributed by atoms with Gasteiger partial charge in [0.25, 0.3) is 11.8 Å². The van der Waals surface area contributed by atoms with E-state index in [4.69, 9.17) is 20.8 Å². The smallest absolute Gasteiger partial charge is 0.340 e. The van der Waals surface area contributed by atoms with Gasteiger partial charge in [0.05, 0.1) is 17.5 Å². The van der Waals surface area contributed by atoms with Crippen molar-refractivity contribution in [2.24, 2.45) is 0 Å². The van der Waals surface area contributed by atoms with Crippen LogP contribution in [0.1, 0.15) is 20.9 Å². The molecule has 0 aliphatic rings. The predicted octanol–water partition coefficient (Wildman–Crippen LogP) is 4.25. The van der Waals surface area contributed by atoms with E-state index in [1.165, 1.54) is 18.4 Å². The van der Waals surface area contributed by atoms with Crippen LogP contribution >= 0.6 is 23.4 Å². The number of carbonyl (C=O) groups excluding carboxylic acids is 3. The van der Waals surface area contributed by atoms with Gasteiger partial charge in [-0.3, -0.25) is 9.59 Å². The molecular weight excluding hydrogens is 440 g/mol. The van der Waals surface area contributed by atoms with E-state index in [1.807, 2.05) is 12.1 Å². The highest BCUT2D eigenvalue weighted by Crippen LogP contribution is 2.20. The van der Waals surface area contributed by atoms with Gasteiger partial charge in [0.15, 0.2) is 12.4 Å². The fourth-order valence-corrected chi connectivity index (χ4v) is 3.41. The lowest BCUT2D eigenvalue weighted by atomic mass is 10.1. The molecule has 2 aromatic carbocycles. The summed E-state index contributed by atoms with van der Waals surface area (Å²) < 4.78 is 10.1. The molecule has 31 heavy (non-hydrogen) atoms. The number of ether oxygens (including phenoxy) is 1. The third-order valence-electron chi connectivity index (χ3n) is 3.98. The number of halogens is 1. The second kappa shape index (κ2) is 11.2. The number of furan rings is 1. The maximum Gasteiger partial charge on any atom is 0.340 e. The second-order valence-electron chi connectivity index (χ2n) is 6.21. The number of benzene rings is 2. The second-order valence-corrected chi connectivity index (χ2v) is 7.81. The van der Waals surface area contributed by atoms with Gasteiger partial charge in [0.1, 0.15) is 0 Å². The Kier molecular flexibility index (Phi) is 8.14. The van der Waals surface area contributed by atoms with Gasteiger partial charge in [0, 0.05) is 22.2 Å². The summed E-state index contributed by atoms with van der Waals surface area (Å²) >= 11 is 7.41. The first-order chi connectivity index (χ1) is 15.0. The van der Waals surface area contributed by atoms with E-state index < -0.39 is 24.4 Å². The molecule has 0 unspecified atom stereocenters. The van der Waals surface area contributed by atoms with Crippen LogP contribution in [-0.2, 0) is 9.53 Å². The van der Waals surface area contributed by atoms with Gasteiger partial charge < -0.3 is 19.8 Å². The van der Waals surface area contributed by atoms with Crippen molar-refractivity contribution in [2.75, 3.05) is 24.2 Å². The van der Waals surface area contributed by atoms with Gasteiger partial charge in [0.2, 0.25) is 0 Å². The molecule has 0 spiro atoms. The summed E-state index contributed by atoms with van der Waals surface area (Å²) in [7, 11) is 0. The van der Waals surface area contributed by atoms with Crippen LogP contribution in [0.2, 0.25) is 5.02 Å². The zero-order valence-corrected chi connectivity index (χ0v) is 17.9. The molecule has 0 aliphatic carbocycles. The van der Waals surface area contributed by atoms with Gasteiger partial charge in [-0.1, -0.05) is 23.7 Å². The molecule has 0 saturated carbocycles. The van der Waals surface area contributed by atoms with E-state index in [1.54, 1.807) is 48.2 Å². The Hall–Kier alpha value is -3.23. The van der Waals surface area contributed by atoms with Crippen LogP contribution < -0.4 is 10.6 Å². The highest BCUT2D eigenvalue weighted by Gasteiger charge is 2.17. The SMILES string of the molecule is O=C(COC(=O)c1ccccc1NC(=O)c1ccco1)NCCSc1ccc(Cl)cc1. The van der Waals surface area contributed by atoms with Crippen molar-refractivity contribution in [3.05, 3.63) is 83.3 Å². The Balaban J connectivity index is 1.44. The molecule has 0 radical (unpaired) electrons. The van der Waals surface area contributed by atoms with Gasteiger partial charge in [-0.2, -0.15) is 0 Å². The van der Waals surface area contributed by atoms with E-state index in [0.717, 1.165) is 4.90 Å². The van der Waals surface area contributed by atoms with Crippen molar-refractivity contribution < 1.29 is 23.5 Å². The van der Waals surface area contributed by atoms with Crippen LogP contribution in [0.5, 0.6) is 0 Å². The molecule has 0 atom stereocenters. The Bertz CT molecular complexity index is 1040. The lowest BCUT2D eigenvalue weighted by Crippen LogP contribution is -2.30. The fraction of sp³-hybridized carbons (Fsp3) is 0.136. The average Bonchev–Trinajstić information content (AvgIpc) is 3.32. The zero-order chi connectivity index (χ0) is 22.1. The topological polar surface area (TPSA) is 97.6 Å². The standard InChI is InChI=1S/C22H19ClN2O5S/c23-15-7-9-16(10-8-15)31-13-11-24-20(26)14-30-22(28)17-4-1-2-5-18(17)25-21(27)19-6-3-12-29-19/h1-10,12H,11,13-14H2,(H,24,26)(H,25,27). The van der Waals surface area contributed by atoms with E-state index in [0.29, 0.717) is 17.3 Å². The largest absolute Gasteiger partial charge is 0.459 e. The summed E-state index contributed by atoms with van der Waals surface area (Å²) in [6, 6.07) is 16.9. The monoisotopic (exact) mass is 458 g/mol. The van der Waals surface area contributed by atoms with E-state index in [2.05, 4.69) is 10.6 Å². The molecule has 9 heteroatoms. The molecule has 0 bridgehead atoms. The fourth-order valence-electron chi connectivity index (χ4n) is 2.51. The Labute approximate surface area is 188 Å². The summed E-state index contributed by atoms with van der Waals surface area (Å²) in [4.78, 5) is 37.5. The number of hydrogen-bond acceptors (Lipinski definition) is 6. The number of thioether (sulfide) groups is 1. The highest BCUT2D eigenvalue weighted by molar-refractivity contribution is 7.99. The first kappa shape index (κ1) is 22.5. The van der Waals surface area contributed by atoms with E-state index in [-0.39, 0.29) is 17.0 Å². The van der Waals surface area contributed by atoms with Crippen molar-refractivity contribution in [1.29, 1.82) is 0 Å².